The Morgan fingerprint density at radius 2 is 2.11 bits per heavy atom. The lowest BCUT2D eigenvalue weighted by atomic mass is 10.2. The van der Waals surface area contributed by atoms with E-state index in [1.165, 1.54) is 0 Å². The summed E-state index contributed by atoms with van der Waals surface area (Å²) in [6, 6.07) is 9.77. The van der Waals surface area contributed by atoms with Crippen LogP contribution < -0.4 is 11.1 Å². The summed E-state index contributed by atoms with van der Waals surface area (Å²) in [7, 11) is 0. The zero-order chi connectivity index (χ0) is 13.1. The highest BCUT2D eigenvalue weighted by Crippen LogP contribution is 2.25. The minimum atomic E-state index is 0.285. The number of benzene rings is 1. The van der Waals surface area contributed by atoms with Gasteiger partial charge in [-0.15, -0.1) is 0 Å². The normalized spacial score (nSPS) is 10.1. The summed E-state index contributed by atoms with van der Waals surface area (Å²) >= 11 is 8.43. The van der Waals surface area contributed by atoms with Crippen LogP contribution in [0.2, 0.25) is 0 Å². The Morgan fingerprint density at radius 1 is 1.33 bits per heavy atom. The van der Waals surface area contributed by atoms with E-state index in [9.17, 15) is 0 Å². The molecular weight excluding hydrogens is 310 g/mol. The van der Waals surface area contributed by atoms with Gasteiger partial charge in [0, 0.05) is 16.4 Å². The minimum Gasteiger partial charge on any atom is -0.388 e. The lowest BCUT2D eigenvalue weighted by Gasteiger charge is -2.12. The van der Waals surface area contributed by atoms with Crippen LogP contribution in [0.4, 0.5) is 11.4 Å². The van der Waals surface area contributed by atoms with E-state index in [0.29, 0.717) is 5.69 Å². The number of anilines is 2. The van der Waals surface area contributed by atoms with Crippen molar-refractivity contribution in [3.05, 3.63) is 52.3 Å². The van der Waals surface area contributed by atoms with Crippen molar-refractivity contribution in [2.75, 3.05) is 5.32 Å². The van der Waals surface area contributed by atoms with Crippen LogP contribution in [0.5, 0.6) is 0 Å². The molecule has 2 rings (SSSR count). The van der Waals surface area contributed by atoms with Crippen LogP contribution >= 0.6 is 28.1 Å². The van der Waals surface area contributed by atoms with Crippen molar-refractivity contribution in [2.45, 2.75) is 6.92 Å². The molecule has 92 valence electrons. The molecule has 0 saturated heterocycles. The van der Waals surface area contributed by atoms with E-state index in [1.54, 1.807) is 6.20 Å². The van der Waals surface area contributed by atoms with Gasteiger partial charge < -0.3 is 11.1 Å². The Hall–Kier alpha value is -1.46. The number of pyridine rings is 1. The summed E-state index contributed by atoms with van der Waals surface area (Å²) in [5.41, 5.74) is 9.20. The third kappa shape index (κ3) is 2.86. The number of nitrogens with two attached hydrogens (primary N) is 1. The summed E-state index contributed by atoms with van der Waals surface area (Å²) in [5.74, 6) is 0. The number of thiocarbonyl (C=S) groups is 1. The second kappa shape index (κ2) is 5.46. The summed E-state index contributed by atoms with van der Waals surface area (Å²) in [5, 5.41) is 3.30. The van der Waals surface area contributed by atoms with E-state index in [1.807, 2.05) is 37.3 Å². The van der Waals surface area contributed by atoms with Crippen LogP contribution in [0, 0.1) is 6.92 Å². The molecule has 3 nitrogen and oxygen atoms in total. The Bertz CT molecular complexity index is 599. The molecule has 2 aromatic rings. The Morgan fingerprint density at radius 3 is 2.78 bits per heavy atom. The third-order valence-electron chi connectivity index (χ3n) is 2.50. The summed E-state index contributed by atoms with van der Waals surface area (Å²) in [4.78, 5) is 4.47. The predicted molar refractivity (Wildman–Crippen MR) is 82.3 cm³/mol. The van der Waals surface area contributed by atoms with Gasteiger partial charge in [0.2, 0.25) is 0 Å². The highest BCUT2D eigenvalue weighted by molar-refractivity contribution is 9.10. The fourth-order valence-electron chi connectivity index (χ4n) is 1.61. The number of hydrogen-bond donors (Lipinski definition) is 2. The van der Waals surface area contributed by atoms with Gasteiger partial charge in [-0.05, 0) is 42.8 Å². The monoisotopic (exact) mass is 321 g/mol. The van der Waals surface area contributed by atoms with E-state index >= 15 is 0 Å². The van der Waals surface area contributed by atoms with Crippen LogP contribution in [-0.4, -0.2) is 9.97 Å². The first-order chi connectivity index (χ1) is 8.58. The molecule has 1 heterocycles. The Balaban J connectivity index is 2.37. The first-order valence-corrected chi connectivity index (χ1v) is 6.56. The number of aryl methyl sites for hydroxylation is 1. The quantitative estimate of drug-likeness (QED) is 0.849. The fraction of sp³-hybridized carbons (Fsp3) is 0.0769. The maximum atomic E-state index is 5.65. The molecule has 0 spiro atoms. The maximum Gasteiger partial charge on any atom is 0.124 e. The van der Waals surface area contributed by atoms with Gasteiger partial charge in [0.25, 0.3) is 0 Å². The van der Waals surface area contributed by atoms with Crippen molar-refractivity contribution in [2.24, 2.45) is 5.73 Å². The zero-order valence-corrected chi connectivity index (χ0v) is 12.2. The molecule has 0 aliphatic carbocycles. The van der Waals surface area contributed by atoms with Crippen LogP contribution in [0.1, 0.15) is 11.3 Å². The summed E-state index contributed by atoms with van der Waals surface area (Å²) < 4.78 is 1.05. The summed E-state index contributed by atoms with van der Waals surface area (Å²) in [6.45, 7) is 2.03. The van der Waals surface area contributed by atoms with Crippen molar-refractivity contribution in [1.29, 1.82) is 0 Å². The summed E-state index contributed by atoms with van der Waals surface area (Å²) in [6.07, 6.45) is 1.67. The molecule has 0 fully saturated rings. The molecule has 0 unspecified atom stereocenters. The van der Waals surface area contributed by atoms with Crippen LogP contribution in [0.3, 0.4) is 0 Å². The van der Waals surface area contributed by atoms with Crippen molar-refractivity contribution in [1.82, 2.24) is 4.98 Å². The zero-order valence-electron chi connectivity index (χ0n) is 9.77. The molecule has 1 aromatic carbocycles. The van der Waals surface area contributed by atoms with E-state index < -0.39 is 0 Å². The fourth-order valence-corrected chi connectivity index (χ4v) is 2.25. The van der Waals surface area contributed by atoms with Gasteiger partial charge in [0.1, 0.15) is 10.7 Å². The molecule has 0 saturated carbocycles. The van der Waals surface area contributed by atoms with Crippen molar-refractivity contribution in [3.63, 3.8) is 0 Å². The van der Waals surface area contributed by atoms with Gasteiger partial charge in [0.05, 0.1) is 5.69 Å². The molecule has 0 amide bonds. The van der Waals surface area contributed by atoms with Gasteiger partial charge >= 0.3 is 0 Å². The van der Waals surface area contributed by atoms with Gasteiger partial charge in [-0.1, -0.05) is 28.1 Å². The van der Waals surface area contributed by atoms with E-state index in [4.69, 9.17) is 18.0 Å². The molecule has 18 heavy (non-hydrogen) atoms. The average molecular weight is 322 g/mol. The van der Waals surface area contributed by atoms with Gasteiger partial charge in [-0.25, -0.2) is 0 Å². The van der Waals surface area contributed by atoms with Crippen LogP contribution in [0.15, 0.2) is 41.0 Å². The third-order valence-corrected chi connectivity index (χ3v) is 3.19. The van der Waals surface area contributed by atoms with E-state index in [0.717, 1.165) is 21.4 Å². The molecule has 0 aliphatic rings. The Labute approximate surface area is 120 Å². The second-order valence-electron chi connectivity index (χ2n) is 3.85. The van der Waals surface area contributed by atoms with Gasteiger partial charge in [-0.3, -0.25) is 4.98 Å². The Kier molecular flexibility index (Phi) is 3.93. The predicted octanol–water partition coefficient (Wildman–Crippen LogP) is 3.53. The number of nitrogens with zero attached hydrogens (tertiary/aromatic N) is 1. The first kappa shape index (κ1) is 13.0. The average Bonchev–Trinajstić information content (AvgIpc) is 2.33. The lowest BCUT2D eigenvalue weighted by molar-refractivity contribution is 1.28. The van der Waals surface area contributed by atoms with Crippen molar-refractivity contribution in [3.8, 4) is 0 Å². The second-order valence-corrected chi connectivity index (χ2v) is 5.20. The van der Waals surface area contributed by atoms with Crippen molar-refractivity contribution >= 4 is 44.5 Å². The van der Waals surface area contributed by atoms with E-state index in [-0.39, 0.29) is 4.99 Å². The van der Waals surface area contributed by atoms with Crippen LogP contribution in [0.25, 0.3) is 0 Å². The molecule has 0 radical (unpaired) electrons. The molecule has 5 heteroatoms. The van der Waals surface area contributed by atoms with Gasteiger partial charge in [-0.2, -0.15) is 0 Å². The molecule has 0 aliphatic heterocycles. The molecular formula is C13H12BrN3S. The standard InChI is InChI=1S/C13H12BrN3S/c1-8-7-9(14)4-5-10(8)17-11-3-2-6-16-12(11)13(15)18/h2-7,17H,1H3,(H2,15,18). The van der Waals surface area contributed by atoms with E-state index in [2.05, 4.69) is 26.2 Å². The number of nitrogens with one attached hydrogen (secondary N) is 1. The largest absolute Gasteiger partial charge is 0.388 e. The molecule has 0 atom stereocenters. The van der Waals surface area contributed by atoms with Crippen molar-refractivity contribution < 1.29 is 0 Å². The number of hydrogen-bond acceptors (Lipinski definition) is 3. The van der Waals surface area contributed by atoms with Gasteiger partial charge in [0.15, 0.2) is 0 Å². The minimum absolute atomic E-state index is 0.285. The number of aromatic nitrogens is 1. The highest BCUT2D eigenvalue weighted by atomic mass is 79.9. The number of rotatable bonds is 3. The SMILES string of the molecule is Cc1cc(Br)ccc1Nc1cccnc1C(N)=S. The highest BCUT2D eigenvalue weighted by Gasteiger charge is 2.07. The maximum absolute atomic E-state index is 5.65. The molecule has 1 aromatic heterocycles. The molecule has 0 bridgehead atoms. The lowest BCUT2D eigenvalue weighted by Crippen LogP contribution is -2.14. The number of halogens is 1. The first-order valence-electron chi connectivity index (χ1n) is 5.36. The smallest absolute Gasteiger partial charge is 0.124 e. The van der Waals surface area contributed by atoms with Crippen LogP contribution in [-0.2, 0) is 0 Å². The topological polar surface area (TPSA) is 50.9 Å². The molecule has 3 N–H and O–H groups in total.